The number of fused-ring (bicyclic) bond motifs is 1. The Morgan fingerprint density at radius 1 is 1.12 bits per heavy atom. The number of aryl methyl sites for hydroxylation is 1. The molecule has 0 amide bonds. The van der Waals surface area contributed by atoms with Crippen molar-refractivity contribution in [3.05, 3.63) is 77.6 Å². The number of para-hydroxylation sites is 3. The normalized spacial score (nSPS) is 14.7. The zero-order valence-corrected chi connectivity index (χ0v) is 20.5. The van der Waals surface area contributed by atoms with Gasteiger partial charge in [-0.25, -0.2) is 0 Å². The van der Waals surface area contributed by atoms with Crippen LogP contribution in [0.4, 0.5) is 10.8 Å². The van der Waals surface area contributed by atoms with Crippen LogP contribution in [-0.2, 0) is 6.54 Å². The Balaban J connectivity index is 1.20. The lowest BCUT2D eigenvalue weighted by Gasteiger charge is -2.27. The summed E-state index contributed by atoms with van der Waals surface area (Å²) in [6.45, 7) is 5.09. The highest BCUT2D eigenvalue weighted by Crippen LogP contribution is 2.32. The van der Waals surface area contributed by atoms with Crippen LogP contribution in [-0.4, -0.2) is 39.0 Å². The first-order chi connectivity index (χ1) is 16.6. The van der Waals surface area contributed by atoms with Crippen LogP contribution in [0.1, 0.15) is 21.7 Å². The molecule has 2 aromatic heterocycles. The number of Topliss-reactive ketones (excluding diaryl/α,β-unsaturated/α-hetero) is 1. The highest BCUT2D eigenvalue weighted by Gasteiger charge is 2.24. The molecule has 174 valence electrons. The topological polar surface area (TPSA) is 78.3 Å². The molecule has 0 aliphatic carbocycles. The third-order valence-corrected chi connectivity index (χ3v) is 7.56. The predicted molar refractivity (Wildman–Crippen MR) is 135 cm³/mol. The van der Waals surface area contributed by atoms with Crippen molar-refractivity contribution < 1.29 is 14.3 Å². The first-order valence-corrected chi connectivity index (χ1v) is 12.7. The molecule has 0 spiro atoms. The molecule has 9 heteroatoms. The first-order valence-electron chi connectivity index (χ1n) is 10.9. The number of carbonyl (C=O) groups excluding carboxylic acids is 1. The van der Waals surface area contributed by atoms with Gasteiger partial charge in [-0.2, -0.15) is 0 Å². The summed E-state index contributed by atoms with van der Waals surface area (Å²) in [6, 6.07) is 19.5. The van der Waals surface area contributed by atoms with Gasteiger partial charge in [-0.3, -0.25) is 4.79 Å². The van der Waals surface area contributed by atoms with E-state index in [-0.39, 0.29) is 11.9 Å². The van der Waals surface area contributed by atoms with Gasteiger partial charge in [-0.1, -0.05) is 53.4 Å². The largest absolute Gasteiger partial charge is 0.486 e. The second-order valence-electron chi connectivity index (χ2n) is 7.97. The van der Waals surface area contributed by atoms with Crippen LogP contribution < -0.4 is 14.8 Å². The molecule has 0 bridgehead atoms. The summed E-state index contributed by atoms with van der Waals surface area (Å²) < 4.78 is 14.8. The summed E-state index contributed by atoms with van der Waals surface area (Å²) in [5, 5.41) is 12.3. The van der Waals surface area contributed by atoms with Crippen LogP contribution in [0.15, 0.2) is 65.0 Å². The number of rotatable bonds is 8. The highest BCUT2D eigenvalue weighted by atomic mass is 32.2. The van der Waals surface area contributed by atoms with Crippen molar-refractivity contribution in [2.24, 2.45) is 0 Å². The first kappa shape index (κ1) is 22.5. The number of hydrogen-bond acceptors (Lipinski definition) is 8. The molecule has 7 nitrogen and oxygen atoms in total. The minimum atomic E-state index is -0.117. The monoisotopic (exact) mass is 492 g/mol. The Hall–Kier alpha value is -3.30. The average Bonchev–Trinajstić information content (AvgIpc) is 3.42. The molecular formula is C25H24N4O3S2. The van der Waals surface area contributed by atoms with Crippen molar-refractivity contribution in [3.63, 3.8) is 0 Å². The number of nitrogens with zero attached hydrogens (tertiary/aromatic N) is 3. The summed E-state index contributed by atoms with van der Waals surface area (Å²) in [4.78, 5) is 13.0. The molecular weight excluding hydrogens is 468 g/mol. The molecule has 0 radical (unpaired) electrons. The summed E-state index contributed by atoms with van der Waals surface area (Å²) in [7, 11) is 0. The average molecular weight is 493 g/mol. The zero-order valence-electron chi connectivity index (χ0n) is 18.9. The van der Waals surface area contributed by atoms with Gasteiger partial charge in [0.1, 0.15) is 6.61 Å². The van der Waals surface area contributed by atoms with Crippen LogP contribution in [0.2, 0.25) is 0 Å². The summed E-state index contributed by atoms with van der Waals surface area (Å²) >= 11 is 2.84. The second-order valence-corrected chi connectivity index (χ2v) is 10.2. The number of ketones is 1. The fourth-order valence-electron chi connectivity index (χ4n) is 3.89. The molecule has 1 atom stereocenters. The van der Waals surface area contributed by atoms with Crippen molar-refractivity contribution in [2.45, 2.75) is 30.8 Å². The van der Waals surface area contributed by atoms with E-state index in [9.17, 15) is 4.79 Å². The second kappa shape index (κ2) is 9.90. The van der Waals surface area contributed by atoms with Gasteiger partial charge in [0.05, 0.1) is 12.3 Å². The molecule has 1 unspecified atom stereocenters. The van der Waals surface area contributed by atoms with E-state index < -0.39 is 0 Å². The van der Waals surface area contributed by atoms with Gasteiger partial charge >= 0.3 is 0 Å². The van der Waals surface area contributed by atoms with Crippen LogP contribution >= 0.6 is 23.1 Å². The van der Waals surface area contributed by atoms with Gasteiger partial charge in [0.15, 0.2) is 27.7 Å². The van der Waals surface area contributed by atoms with Gasteiger partial charge < -0.3 is 19.4 Å². The predicted octanol–water partition coefficient (Wildman–Crippen LogP) is 5.52. The van der Waals surface area contributed by atoms with Crippen LogP contribution in [0.25, 0.3) is 0 Å². The third-order valence-electron chi connectivity index (χ3n) is 5.59. The number of ether oxygens (including phenoxy) is 2. The van der Waals surface area contributed by atoms with Crippen molar-refractivity contribution in [1.82, 2.24) is 14.8 Å². The number of anilines is 2. The van der Waals surface area contributed by atoms with E-state index in [1.54, 1.807) is 0 Å². The maximum absolute atomic E-state index is 13.0. The molecule has 1 N–H and O–H groups in total. The van der Waals surface area contributed by atoms with E-state index >= 15 is 0 Å². The van der Waals surface area contributed by atoms with Crippen LogP contribution in [0.3, 0.4) is 0 Å². The van der Waals surface area contributed by atoms with E-state index in [0.717, 1.165) is 38.5 Å². The molecule has 1 aliphatic rings. The Bertz CT molecular complexity index is 1300. The fourth-order valence-corrected chi connectivity index (χ4v) is 5.55. The molecule has 0 saturated carbocycles. The lowest BCUT2D eigenvalue weighted by atomic mass is 10.2. The zero-order chi connectivity index (χ0) is 23.5. The minimum Gasteiger partial charge on any atom is -0.486 e. The molecule has 0 saturated heterocycles. The number of nitrogens with one attached hydrogen (secondary N) is 1. The summed E-state index contributed by atoms with van der Waals surface area (Å²) in [5.74, 6) is 1.91. The number of thioether (sulfide) groups is 1. The van der Waals surface area contributed by atoms with Gasteiger partial charge in [-0.15, -0.1) is 10.2 Å². The Labute approximate surface area is 206 Å². The van der Waals surface area contributed by atoms with Gasteiger partial charge in [0, 0.05) is 22.6 Å². The molecule has 5 rings (SSSR count). The number of aromatic nitrogens is 3. The molecule has 2 aromatic carbocycles. The minimum absolute atomic E-state index is 0.0725. The van der Waals surface area contributed by atoms with Gasteiger partial charge in [0.25, 0.3) is 0 Å². The Morgan fingerprint density at radius 3 is 2.71 bits per heavy atom. The van der Waals surface area contributed by atoms with Crippen molar-refractivity contribution in [1.29, 1.82) is 0 Å². The van der Waals surface area contributed by atoms with E-state index in [2.05, 4.69) is 20.1 Å². The molecule has 34 heavy (non-hydrogen) atoms. The van der Waals surface area contributed by atoms with Gasteiger partial charge in [0.2, 0.25) is 5.13 Å². The van der Waals surface area contributed by atoms with E-state index in [4.69, 9.17) is 9.47 Å². The third kappa shape index (κ3) is 4.95. The van der Waals surface area contributed by atoms with Crippen molar-refractivity contribution in [3.8, 4) is 11.5 Å². The van der Waals surface area contributed by atoms with Crippen molar-refractivity contribution in [2.75, 3.05) is 17.7 Å². The van der Waals surface area contributed by atoms with Crippen LogP contribution in [0.5, 0.6) is 11.5 Å². The van der Waals surface area contributed by atoms with Gasteiger partial charge in [-0.05, 0) is 44.2 Å². The maximum Gasteiger partial charge on any atom is 0.210 e. The standard InChI is InChI=1S/C25H24N4O3S2/c1-16-12-20(17(2)29(16)13-19-14-31-22-10-6-7-11-23(22)32-19)21(30)15-33-25-28-27-24(34-25)26-18-8-4-3-5-9-18/h3-12,19H,13-15H2,1-2H3,(H,26,27). The smallest absolute Gasteiger partial charge is 0.210 e. The van der Waals surface area contributed by atoms with E-state index in [1.165, 1.54) is 23.1 Å². The molecule has 3 heterocycles. The SMILES string of the molecule is Cc1cc(C(=O)CSc2nnc(Nc3ccccc3)s2)c(C)n1CC1COc2ccccc2O1. The Kier molecular flexibility index (Phi) is 6.55. The maximum atomic E-state index is 13.0. The van der Waals surface area contributed by atoms with E-state index in [0.29, 0.717) is 24.0 Å². The van der Waals surface area contributed by atoms with E-state index in [1.807, 2.05) is 74.5 Å². The highest BCUT2D eigenvalue weighted by molar-refractivity contribution is 8.01. The lowest BCUT2D eigenvalue weighted by Crippen LogP contribution is -2.33. The summed E-state index contributed by atoms with van der Waals surface area (Å²) in [5.41, 5.74) is 3.65. The number of hydrogen-bond donors (Lipinski definition) is 1. The quantitative estimate of drug-likeness (QED) is 0.256. The molecule has 1 aliphatic heterocycles. The molecule has 4 aromatic rings. The number of benzene rings is 2. The fraction of sp³-hybridized carbons (Fsp3) is 0.240. The van der Waals surface area contributed by atoms with Crippen LogP contribution in [0, 0.1) is 13.8 Å². The number of carbonyl (C=O) groups is 1. The lowest BCUT2D eigenvalue weighted by molar-refractivity contribution is 0.0777. The Morgan fingerprint density at radius 2 is 1.88 bits per heavy atom. The summed E-state index contributed by atoms with van der Waals surface area (Å²) in [6.07, 6.45) is -0.117. The molecule has 0 fully saturated rings. The van der Waals surface area contributed by atoms with Crippen molar-refractivity contribution >= 4 is 39.7 Å².